The van der Waals surface area contributed by atoms with Gasteiger partial charge < -0.3 is 59.9 Å². The van der Waals surface area contributed by atoms with Crippen LogP contribution in [0.1, 0.15) is 143 Å². The minimum absolute atomic E-state index is 0.0441. The largest absolute Gasteiger partial charge is 0.395 e. The van der Waals surface area contributed by atoms with E-state index in [-0.39, 0.29) is 53.2 Å². The van der Waals surface area contributed by atoms with Gasteiger partial charge in [-0.25, -0.2) is 29.9 Å². The summed E-state index contributed by atoms with van der Waals surface area (Å²) in [6.07, 6.45) is 34.9. The van der Waals surface area contributed by atoms with E-state index < -0.39 is 5.41 Å². The highest BCUT2D eigenvalue weighted by molar-refractivity contribution is 5.81. The molecule has 12 aromatic heterocycles. The number of aromatic amines is 1. The molecule has 670 valence electrons. The van der Waals surface area contributed by atoms with Crippen molar-refractivity contribution in [3.8, 4) is 78.9 Å². The molecule has 14 heterocycles. The smallest absolute Gasteiger partial charge is 0.324 e. The summed E-state index contributed by atoms with van der Waals surface area (Å²) in [5.41, 5.74) is 31.9. The molecule has 4 saturated carbocycles. The number of benzene rings is 4. The Balaban J connectivity index is 0.000000113. The van der Waals surface area contributed by atoms with Crippen molar-refractivity contribution in [2.24, 2.45) is 30.7 Å². The van der Waals surface area contributed by atoms with E-state index in [1.165, 1.54) is 60.1 Å². The zero-order valence-corrected chi connectivity index (χ0v) is 74.3. The van der Waals surface area contributed by atoms with E-state index in [0.717, 1.165) is 136 Å². The fraction of sp³-hybridized carbons (Fsp3) is 0.361. The Morgan fingerprint density at radius 1 is 0.458 bits per heavy atom. The van der Waals surface area contributed by atoms with Crippen molar-refractivity contribution in [2.45, 2.75) is 126 Å². The zero-order valence-electron chi connectivity index (χ0n) is 74.3. The van der Waals surface area contributed by atoms with Gasteiger partial charge in [-0.1, -0.05) is 131 Å². The molecule has 1 amide bonds. The van der Waals surface area contributed by atoms with Gasteiger partial charge in [-0.3, -0.25) is 23.7 Å². The Kier molecular flexibility index (Phi) is 23.8. The number of carbonyl (C=O) groups is 1. The number of hydrogen-bond acceptors (Lipinski definition) is 29. The van der Waals surface area contributed by atoms with Gasteiger partial charge in [-0.2, -0.15) is 35.2 Å². The second-order valence-corrected chi connectivity index (χ2v) is 35.9. The standard InChI is InChI=1S/C25H28N8O2.C24H25N7O2.C24H30N6O2.C24H22N6O/c1-25(19-5-4-6-19,20-9-7-16(8-10-20)17-11-27-24(26)28-12-17)23-30-22(35-31-23)18-13-29-33(14-18)15-21(34)32(2)3;1-24(18-3-2-4-18,19-7-5-15(6-8-19)16-9-26-23(25)27-10-16)22-29-21(33-30-22)17-11-28-31(12-17)20-13-32-14-20;1-24(20-7-8-20,19-5-2-17(3-6-19)18-4-9-21(25)26-16-18)22-27-23(32-28-22)30-12-10-29(11-13-30)14-15-31;1-24(20-7-8-20,23-28-22(31-29-23)18-13-27-30(2)14-18)19-5-3-15(4-6-19)17-11-16-9-10-25-21(16)26-12-17/h7-14,19H,4-6,15H2,1-3H3,(H2,26,27,28);5-12,18,20H,2-4,13-14H2,1H3,(H2,25,26,27);2-6,9,16,20,31H,7-8,10-15H2,1H3,(H2,25,26);3-6,9-14,20H,7-8H2,1-2H3,(H,25,26)/t25-;24-;;/m10../s1. The Morgan fingerprint density at radius 2 is 0.885 bits per heavy atom. The van der Waals surface area contributed by atoms with Crippen LogP contribution in [0.15, 0.2) is 220 Å². The number of piperazine rings is 1. The van der Waals surface area contributed by atoms with Gasteiger partial charge in [0.15, 0.2) is 23.3 Å². The van der Waals surface area contributed by atoms with Gasteiger partial charge in [0, 0.05) is 143 Å². The van der Waals surface area contributed by atoms with E-state index in [4.69, 9.17) is 65.1 Å². The van der Waals surface area contributed by atoms with Crippen molar-refractivity contribution < 1.29 is 32.7 Å². The van der Waals surface area contributed by atoms with Gasteiger partial charge in [0.1, 0.15) is 18.0 Å². The lowest BCUT2D eigenvalue weighted by atomic mass is 9.62. The number of fused-ring (bicyclic) bond motifs is 1. The summed E-state index contributed by atoms with van der Waals surface area (Å²) in [7, 11) is 5.31. The third-order valence-electron chi connectivity index (χ3n) is 27.5. The first-order chi connectivity index (χ1) is 63.6. The molecule has 2 aliphatic heterocycles. The number of amides is 1. The summed E-state index contributed by atoms with van der Waals surface area (Å²) in [5, 5.41) is 40.8. The molecule has 2 saturated heterocycles. The number of β-amino-alcohol motifs (C(OH)–C–C–N with tert-alkyl or cyclic N) is 1. The summed E-state index contributed by atoms with van der Waals surface area (Å²) in [5.74, 6) is 7.16. The predicted octanol–water partition coefficient (Wildman–Crippen LogP) is 14.1. The van der Waals surface area contributed by atoms with Crippen LogP contribution in [0.25, 0.3) is 89.9 Å². The monoisotopic (exact) mass is 1760 g/mol. The topological polar surface area (TPSA) is 437 Å². The number of H-pyrrole nitrogens is 1. The summed E-state index contributed by atoms with van der Waals surface area (Å²) >= 11 is 0. The summed E-state index contributed by atoms with van der Waals surface area (Å²) < 4.78 is 33.2. The first-order valence-corrected chi connectivity index (χ1v) is 44.7. The average molecular weight is 1760 g/mol. The molecule has 34 heteroatoms. The van der Waals surface area contributed by atoms with Crippen LogP contribution in [-0.4, -0.2) is 192 Å². The maximum Gasteiger partial charge on any atom is 0.324 e. The average Bonchev–Trinajstić information content (AvgIpc) is 1.73. The van der Waals surface area contributed by atoms with Crippen LogP contribution in [-0.2, 0) is 44.8 Å². The summed E-state index contributed by atoms with van der Waals surface area (Å²) in [6, 6.07) is 43.0. The molecule has 131 heavy (non-hydrogen) atoms. The first kappa shape index (κ1) is 86.0. The predicted molar refractivity (Wildman–Crippen MR) is 491 cm³/mol. The lowest BCUT2D eigenvalue weighted by Crippen LogP contribution is -2.47. The molecule has 0 radical (unpaired) electrons. The Morgan fingerprint density at radius 3 is 1.32 bits per heavy atom. The van der Waals surface area contributed by atoms with Gasteiger partial charge in [0.2, 0.25) is 17.8 Å². The van der Waals surface area contributed by atoms with Crippen LogP contribution >= 0.6 is 0 Å². The molecule has 6 fully saturated rings. The highest BCUT2D eigenvalue weighted by atomic mass is 16.5. The number of aliphatic hydroxyl groups excluding tert-OH is 1. The van der Waals surface area contributed by atoms with Crippen molar-refractivity contribution in [1.29, 1.82) is 0 Å². The normalized spacial score (nSPS) is 17.2. The van der Waals surface area contributed by atoms with Crippen LogP contribution in [0.4, 0.5) is 23.7 Å². The lowest BCUT2D eigenvalue weighted by molar-refractivity contribution is -0.129. The molecular weight excluding hydrogens is 1660 g/mol. The van der Waals surface area contributed by atoms with E-state index >= 15 is 0 Å². The third kappa shape index (κ3) is 17.7. The van der Waals surface area contributed by atoms with Gasteiger partial charge in [-0.15, -0.1) is 0 Å². The number of ether oxygens (including phenoxy) is 1. The number of hydrogen-bond donors (Lipinski definition) is 5. The number of nitrogens with two attached hydrogens (primary N) is 3. The number of nitrogens with one attached hydrogen (secondary N) is 1. The summed E-state index contributed by atoms with van der Waals surface area (Å²) in [6.45, 7) is 14.7. The molecule has 2 unspecified atom stereocenters. The number of likely N-dealkylation sites (N-methyl/N-ethyl adjacent to an activating group) is 1. The molecular formula is C97H105N27O7. The van der Waals surface area contributed by atoms with Gasteiger partial charge >= 0.3 is 6.01 Å². The van der Waals surface area contributed by atoms with Crippen LogP contribution in [0, 0.1) is 23.7 Å². The fourth-order valence-electron chi connectivity index (χ4n) is 18.1. The van der Waals surface area contributed by atoms with Gasteiger partial charge in [-0.05, 0) is 172 Å². The van der Waals surface area contributed by atoms with Crippen LogP contribution < -0.4 is 22.1 Å². The van der Waals surface area contributed by atoms with E-state index in [9.17, 15) is 4.79 Å². The van der Waals surface area contributed by atoms with E-state index in [1.54, 1.807) is 79.2 Å². The molecule has 0 spiro atoms. The van der Waals surface area contributed by atoms with Gasteiger partial charge in [0.25, 0.3) is 17.7 Å². The molecule has 4 aliphatic carbocycles. The van der Waals surface area contributed by atoms with Crippen molar-refractivity contribution in [1.82, 2.24) is 115 Å². The quantitative estimate of drug-likeness (QED) is 0.0355. The molecule has 16 aromatic rings. The molecule has 8 N–H and O–H groups in total. The highest BCUT2D eigenvalue weighted by Gasteiger charge is 2.51. The van der Waals surface area contributed by atoms with Crippen molar-refractivity contribution in [3.63, 3.8) is 0 Å². The Bertz CT molecular complexity index is 6570. The maximum atomic E-state index is 12.0. The maximum absolute atomic E-state index is 12.0. The van der Waals surface area contributed by atoms with E-state index in [2.05, 4.69) is 211 Å². The van der Waals surface area contributed by atoms with Gasteiger partial charge in [0.05, 0.1) is 82.8 Å². The van der Waals surface area contributed by atoms with Crippen LogP contribution in [0.5, 0.6) is 0 Å². The summed E-state index contributed by atoms with van der Waals surface area (Å²) in [4.78, 5) is 65.4. The van der Waals surface area contributed by atoms with Crippen molar-refractivity contribution >= 4 is 40.7 Å². The number of rotatable bonds is 25. The Hall–Kier alpha value is -14.4. The number of aromatic nitrogens is 21. The van der Waals surface area contributed by atoms with Crippen molar-refractivity contribution in [2.75, 3.05) is 88.7 Å². The Labute approximate surface area is 755 Å². The number of nitrogen functional groups attached to an aromatic ring is 3. The minimum atomic E-state index is -0.396. The molecule has 22 rings (SSSR count). The number of aliphatic hydroxyl groups is 1. The number of carbonyl (C=O) groups excluding carboxylic acids is 1. The van der Waals surface area contributed by atoms with E-state index in [1.807, 2.05) is 54.7 Å². The molecule has 34 nitrogen and oxygen atoms in total. The fourth-order valence-corrected chi connectivity index (χ4v) is 18.1. The second kappa shape index (κ2) is 36.3. The molecule has 6 aliphatic rings. The first-order valence-electron chi connectivity index (χ1n) is 44.7. The lowest BCUT2D eigenvalue weighted by Gasteiger charge is -2.41. The number of anilines is 4. The number of aryl methyl sites for hydroxylation is 1. The van der Waals surface area contributed by atoms with Crippen molar-refractivity contribution in [3.05, 3.63) is 247 Å². The highest BCUT2D eigenvalue weighted by Crippen LogP contribution is 2.54. The van der Waals surface area contributed by atoms with Crippen LogP contribution in [0.3, 0.4) is 0 Å². The zero-order chi connectivity index (χ0) is 90.1. The third-order valence-corrected chi connectivity index (χ3v) is 27.5. The molecule has 4 atom stereocenters. The number of pyridine rings is 2. The van der Waals surface area contributed by atoms with Crippen LogP contribution in [0.2, 0.25) is 0 Å². The SMILES string of the molecule is CC(c1ccc(-c2ccc(N)nc2)cc1)(c1noc(N2CCN(CCO)CC2)n1)C1CC1.CN(C)C(=O)Cn1cc(-c2nc([C@@](C)(c3ccc(-c4cnc(N)nc4)cc3)C3CCC3)no2)cn1.C[C@](c1ccc(-c2cnc(N)nc2)cc1)(c1noc(-c2cnn(C3COC3)c2)n1)C1CCC1.Cn1cc(-c2nc(C(C)(c3ccc(-c4cnc5[nH]ccc5c4)cc3)C3CC3)no2)cn1. The minimum Gasteiger partial charge on any atom is -0.395 e. The molecule has 0 bridgehead atoms. The number of nitrogens with zero attached hydrogens (tertiary/aromatic N) is 23. The molecule has 4 aromatic carbocycles. The van der Waals surface area contributed by atoms with E-state index in [0.29, 0.717) is 90.1 Å². The second-order valence-electron chi connectivity index (χ2n) is 35.9.